The Bertz CT molecular complexity index is 3190. The molecule has 9 aromatic rings. The Balaban J connectivity index is 1.01. The van der Waals surface area contributed by atoms with Gasteiger partial charge in [-0.05, 0) is 142 Å². The summed E-state index contributed by atoms with van der Waals surface area (Å²) in [6.45, 7) is 13.7. The molecule has 0 spiro atoms. The number of aryl methyl sites for hydroxylation is 2. The van der Waals surface area contributed by atoms with E-state index in [4.69, 9.17) is 0 Å². The Morgan fingerprint density at radius 2 is 0.710 bits per heavy atom. The lowest BCUT2D eigenvalue weighted by Gasteiger charge is -2.29. The Morgan fingerprint density at radius 1 is 0.306 bits per heavy atom. The molecule has 62 heavy (non-hydrogen) atoms. The van der Waals surface area contributed by atoms with Crippen molar-refractivity contribution < 1.29 is 0 Å². The molecule has 2 heteroatoms. The van der Waals surface area contributed by atoms with Crippen LogP contribution in [0.25, 0.3) is 44.2 Å². The number of nitrogens with zero attached hydrogens (tertiary/aromatic N) is 2. The molecule has 0 amide bonds. The molecule has 2 aliphatic rings. The van der Waals surface area contributed by atoms with Crippen LogP contribution in [-0.2, 0) is 10.8 Å². The summed E-state index contributed by atoms with van der Waals surface area (Å²) in [6.07, 6.45) is 0. The van der Waals surface area contributed by atoms with Crippen LogP contribution in [0.15, 0.2) is 194 Å². The topological polar surface area (TPSA) is 6.48 Å². The summed E-state index contributed by atoms with van der Waals surface area (Å²) >= 11 is 0. The molecule has 0 heterocycles. The normalized spacial score (nSPS) is 13.9. The van der Waals surface area contributed by atoms with Crippen molar-refractivity contribution >= 4 is 44.9 Å². The van der Waals surface area contributed by atoms with E-state index in [1.54, 1.807) is 0 Å². The molecule has 300 valence electrons. The van der Waals surface area contributed by atoms with E-state index in [0.717, 1.165) is 34.1 Å². The highest BCUT2D eigenvalue weighted by molar-refractivity contribution is 6.06. The van der Waals surface area contributed by atoms with Crippen LogP contribution in [-0.4, -0.2) is 0 Å². The van der Waals surface area contributed by atoms with Crippen molar-refractivity contribution in [2.75, 3.05) is 9.80 Å². The van der Waals surface area contributed by atoms with E-state index in [2.05, 4.69) is 245 Å². The van der Waals surface area contributed by atoms with Gasteiger partial charge in [-0.15, -0.1) is 0 Å². The molecule has 9 aromatic carbocycles. The first-order valence-electron chi connectivity index (χ1n) is 21.9. The van der Waals surface area contributed by atoms with E-state index >= 15 is 0 Å². The van der Waals surface area contributed by atoms with Crippen LogP contribution in [0.2, 0.25) is 0 Å². The fourth-order valence-electron chi connectivity index (χ4n) is 10.5. The summed E-state index contributed by atoms with van der Waals surface area (Å²) in [5.74, 6) is 0. The van der Waals surface area contributed by atoms with Gasteiger partial charge in [-0.1, -0.05) is 166 Å². The smallest absolute Gasteiger partial charge is 0.0540 e. The van der Waals surface area contributed by atoms with Crippen molar-refractivity contribution in [3.8, 4) is 33.4 Å². The summed E-state index contributed by atoms with van der Waals surface area (Å²) in [6, 6.07) is 72.4. The van der Waals surface area contributed by atoms with Crippen molar-refractivity contribution in [2.24, 2.45) is 0 Å². The summed E-state index contributed by atoms with van der Waals surface area (Å²) in [5.41, 5.74) is 22.4. The van der Waals surface area contributed by atoms with Crippen molar-refractivity contribution in [1.82, 2.24) is 0 Å². The fourth-order valence-corrected chi connectivity index (χ4v) is 10.5. The van der Waals surface area contributed by atoms with Crippen molar-refractivity contribution in [2.45, 2.75) is 52.4 Å². The molecule has 0 saturated heterocycles. The maximum atomic E-state index is 2.45. The molecule has 0 N–H and O–H groups in total. The van der Waals surface area contributed by atoms with E-state index in [9.17, 15) is 0 Å². The van der Waals surface area contributed by atoms with Crippen molar-refractivity contribution in [1.29, 1.82) is 0 Å². The Hall–Kier alpha value is -7.16. The molecule has 0 bridgehead atoms. The molecular weight excluding hydrogens is 749 g/mol. The lowest BCUT2D eigenvalue weighted by Crippen LogP contribution is -2.16. The number of fused-ring (bicyclic) bond motifs is 7. The molecular formula is C60H50N2. The van der Waals surface area contributed by atoms with Gasteiger partial charge in [0.15, 0.2) is 0 Å². The molecule has 0 atom stereocenters. The average Bonchev–Trinajstić information content (AvgIpc) is 3.67. The van der Waals surface area contributed by atoms with Gasteiger partial charge >= 0.3 is 0 Å². The Morgan fingerprint density at radius 3 is 1.26 bits per heavy atom. The maximum absolute atomic E-state index is 2.45. The first-order chi connectivity index (χ1) is 30.1. The van der Waals surface area contributed by atoms with Crippen molar-refractivity contribution in [3.63, 3.8) is 0 Å². The van der Waals surface area contributed by atoms with Gasteiger partial charge in [-0.25, -0.2) is 0 Å². The third-order valence-electron chi connectivity index (χ3n) is 13.8. The van der Waals surface area contributed by atoms with E-state index in [1.165, 1.54) is 77.5 Å². The van der Waals surface area contributed by atoms with Crippen LogP contribution in [0.1, 0.15) is 61.1 Å². The minimum absolute atomic E-state index is 0.0873. The summed E-state index contributed by atoms with van der Waals surface area (Å²) in [4.78, 5) is 4.85. The van der Waals surface area contributed by atoms with Crippen LogP contribution in [0.3, 0.4) is 0 Å². The number of hydrogen-bond acceptors (Lipinski definition) is 2. The van der Waals surface area contributed by atoms with Crippen LogP contribution in [0, 0.1) is 13.8 Å². The zero-order valence-corrected chi connectivity index (χ0v) is 36.4. The highest BCUT2D eigenvalue weighted by Crippen LogP contribution is 2.53. The number of benzene rings is 9. The SMILES string of the molecule is Cc1ccc(N(c2ccc(-c3cccc4c(N(c5ccc(C)cc5)c5ccc6c(c5)C(C)(C)c5ccccc5-6)cccc34)cc2)c2ccc3c(c2)C(C)(C)c2ccccc2-3)cc1. The molecule has 0 saturated carbocycles. The minimum atomic E-state index is -0.100. The minimum Gasteiger partial charge on any atom is -0.310 e. The maximum Gasteiger partial charge on any atom is 0.0540 e. The first kappa shape index (κ1) is 37.8. The predicted octanol–water partition coefficient (Wildman–Crippen LogP) is 16.7. The fraction of sp³-hybridized carbons (Fsp3) is 0.133. The highest BCUT2D eigenvalue weighted by Gasteiger charge is 2.37. The quantitative estimate of drug-likeness (QED) is 0.158. The summed E-state index contributed by atoms with van der Waals surface area (Å²) in [7, 11) is 0. The number of anilines is 6. The van der Waals surface area contributed by atoms with Crippen LogP contribution < -0.4 is 9.80 Å². The molecule has 0 aromatic heterocycles. The monoisotopic (exact) mass is 798 g/mol. The zero-order chi connectivity index (χ0) is 42.3. The summed E-state index contributed by atoms with van der Waals surface area (Å²) in [5, 5.41) is 2.43. The van der Waals surface area contributed by atoms with Gasteiger partial charge in [0.05, 0.1) is 5.69 Å². The molecule has 2 nitrogen and oxygen atoms in total. The van der Waals surface area contributed by atoms with Gasteiger partial charge in [-0.3, -0.25) is 0 Å². The molecule has 11 rings (SSSR count). The van der Waals surface area contributed by atoms with Gasteiger partial charge in [0, 0.05) is 44.7 Å². The van der Waals surface area contributed by atoms with E-state index in [1.807, 2.05) is 0 Å². The lowest BCUT2D eigenvalue weighted by atomic mass is 9.82. The zero-order valence-electron chi connectivity index (χ0n) is 36.4. The van der Waals surface area contributed by atoms with Crippen LogP contribution in [0.4, 0.5) is 34.1 Å². The Labute approximate surface area is 366 Å². The number of hydrogen-bond donors (Lipinski definition) is 0. The standard InChI is InChI=1S/C60H50N2/c1-39-21-27-42(28-22-39)61(45-33-35-51-49-13-7-9-18-54(49)59(3,4)56(51)37-45)43-31-25-41(26-32-43)47-15-11-17-53-48(47)16-12-20-58(53)62(44-29-23-40(2)24-30-44)46-34-36-52-50-14-8-10-19-55(50)60(5,6)57(52)38-46/h7-38H,1-6H3. The van der Waals surface area contributed by atoms with Gasteiger partial charge < -0.3 is 9.80 Å². The average molecular weight is 799 g/mol. The van der Waals surface area contributed by atoms with Gasteiger partial charge in [-0.2, -0.15) is 0 Å². The molecule has 0 fully saturated rings. The van der Waals surface area contributed by atoms with Crippen LogP contribution in [0.5, 0.6) is 0 Å². The predicted molar refractivity (Wildman–Crippen MR) is 263 cm³/mol. The van der Waals surface area contributed by atoms with Crippen molar-refractivity contribution in [3.05, 3.63) is 228 Å². The van der Waals surface area contributed by atoms with Gasteiger partial charge in [0.25, 0.3) is 0 Å². The second-order valence-corrected chi connectivity index (χ2v) is 18.4. The van der Waals surface area contributed by atoms with E-state index in [-0.39, 0.29) is 10.8 Å². The van der Waals surface area contributed by atoms with Gasteiger partial charge in [0.2, 0.25) is 0 Å². The third kappa shape index (κ3) is 5.92. The molecule has 0 radical (unpaired) electrons. The van der Waals surface area contributed by atoms with E-state index in [0.29, 0.717) is 0 Å². The second-order valence-electron chi connectivity index (χ2n) is 18.4. The molecule has 0 aliphatic heterocycles. The highest BCUT2D eigenvalue weighted by atomic mass is 15.1. The third-order valence-corrected chi connectivity index (χ3v) is 13.8. The summed E-state index contributed by atoms with van der Waals surface area (Å²) < 4.78 is 0. The first-order valence-corrected chi connectivity index (χ1v) is 21.9. The molecule has 0 unspecified atom stereocenters. The molecule has 2 aliphatic carbocycles. The largest absolute Gasteiger partial charge is 0.310 e. The number of rotatable bonds is 7. The van der Waals surface area contributed by atoms with Gasteiger partial charge in [0.1, 0.15) is 0 Å². The second kappa shape index (κ2) is 14.2. The lowest BCUT2D eigenvalue weighted by molar-refractivity contribution is 0.660. The van der Waals surface area contributed by atoms with E-state index < -0.39 is 0 Å². The Kier molecular flexibility index (Phi) is 8.67. The van der Waals surface area contributed by atoms with Crippen LogP contribution >= 0.6 is 0 Å².